The molecule has 0 aliphatic rings. The minimum absolute atomic E-state index is 0.360. The number of hydrogen-bond donors (Lipinski definition) is 3. The lowest BCUT2D eigenvalue weighted by atomic mass is 10.2. The van der Waals surface area contributed by atoms with E-state index in [2.05, 4.69) is 25.9 Å². The first kappa shape index (κ1) is 19.1. The number of nitrogens with one attached hydrogen (secondary N) is 3. The number of aromatic nitrogens is 2. The standard InChI is InChI=1S/C20H20FN5O2/c1-3-28-19-12-18(22-13(2)23-19)24-15-8-10-17(11-9-15)26-20(27)25-16-6-4-14(21)5-7-16/h4-12H,3H2,1-2H3,(H,22,23,24)(H2,25,26,27). The number of rotatable bonds is 6. The Morgan fingerprint density at radius 2 is 1.54 bits per heavy atom. The van der Waals surface area contributed by atoms with Crippen LogP contribution < -0.4 is 20.7 Å². The van der Waals surface area contributed by atoms with E-state index >= 15 is 0 Å². The molecule has 7 nitrogen and oxygen atoms in total. The van der Waals surface area contributed by atoms with E-state index in [-0.39, 0.29) is 5.82 Å². The largest absolute Gasteiger partial charge is 0.478 e. The van der Waals surface area contributed by atoms with E-state index in [1.807, 2.05) is 19.1 Å². The van der Waals surface area contributed by atoms with Crippen LogP contribution in [-0.2, 0) is 0 Å². The first-order chi connectivity index (χ1) is 13.5. The van der Waals surface area contributed by atoms with Crippen LogP contribution in [0.5, 0.6) is 5.88 Å². The molecule has 0 aliphatic heterocycles. The summed E-state index contributed by atoms with van der Waals surface area (Å²) < 4.78 is 18.3. The van der Waals surface area contributed by atoms with E-state index in [0.717, 1.165) is 5.69 Å². The molecule has 0 saturated heterocycles. The molecule has 2 amide bonds. The molecule has 8 heteroatoms. The zero-order valence-corrected chi connectivity index (χ0v) is 15.5. The van der Waals surface area contributed by atoms with E-state index in [9.17, 15) is 9.18 Å². The van der Waals surface area contributed by atoms with Crippen molar-refractivity contribution in [1.82, 2.24) is 9.97 Å². The summed E-state index contributed by atoms with van der Waals surface area (Å²) in [7, 11) is 0. The van der Waals surface area contributed by atoms with Gasteiger partial charge in [-0.15, -0.1) is 0 Å². The fourth-order valence-electron chi connectivity index (χ4n) is 2.44. The van der Waals surface area contributed by atoms with Crippen molar-refractivity contribution in [2.45, 2.75) is 13.8 Å². The molecule has 0 unspecified atom stereocenters. The molecule has 0 radical (unpaired) electrons. The molecule has 0 spiro atoms. The summed E-state index contributed by atoms with van der Waals surface area (Å²) in [6.07, 6.45) is 0. The van der Waals surface area contributed by atoms with Gasteiger partial charge >= 0.3 is 6.03 Å². The van der Waals surface area contributed by atoms with Crippen molar-refractivity contribution in [3.63, 3.8) is 0 Å². The number of aryl methyl sites for hydroxylation is 1. The highest BCUT2D eigenvalue weighted by Gasteiger charge is 2.05. The molecule has 144 valence electrons. The molecule has 1 heterocycles. The van der Waals surface area contributed by atoms with Gasteiger partial charge in [0.25, 0.3) is 0 Å². The predicted octanol–water partition coefficient (Wildman–Crippen LogP) is 4.71. The number of carbonyl (C=O) groups is 1. The van der Waals surface area contributed by atoms with Crippen molar-refractivity contribution in [2.75, 3.05) is 22.6 Å². The number of carbonyl (C=O) groups excluding carboxylic acids is 1. The first-order valence-electron chi connectivity index (χ1n) is 8.71. The summed E-state index contributed by atoms with van der Waals surface area (Å²) in [5.74, 6) is 1.37. The average Bonchev–Trinajstić information content (AvgIpc) is 2.65. The Balaban J connectivity index is 1.60. The summed E-state index contributed by atoms with van der Waals surface area (Å²) in [6, 6.07) is 14.0. The normalized spacial score (nSPS) is 10.2. The maximum atomic E-state index is 12.9. The first-order valence-corrected chi connectivity index (χ1v) is 8.71. The quantitative estimate of drug-likeness (QED) is 0.575. The van der Waals surface area contributed by atoms with E-state index in [4.69, 9.17) is 4.74 Å². The van der Waals surface area contributed by atoms with Gasteiger partial charge in [-0.2, -0.15) is 4.98 Å². The summed E-state index contributed by atoms with van der Waals surface area (Å²) in [5.41, 5.74) is 1.91. The van der Waals surface area contributed by atoms with Crippen molar-refractivity contribution < 1.29 is 13.9 Å². The molecule has 0 fully saturated rings. The number of urea groups is 1. The minimum atomic E-state index is -0.417. The molecule has 1 aromatic heterocycles. The molecule has 3 aromatic rings. The number of ether oxygens (including phenoxy) is 1. The molecule has 3 N–H and O–H groups in total. The number of nitrogens with zero attached hydrogens (tertiary/aromatic N) is 2. The number of hydrogen-bond acceptors (Lipinski definition) is 5. The Morgan fingerprint density at radius 3 is 2.14 bits per heavy atom. The zero-order valence-electron chi connectivity index (χ0n) is 15.5. The SMILES string of the molecule is CCOc1cc(Nc2ccc(NC(=O)Nc3ccc(F)cc3)cc2)nc(C)n1. The van der Waals surface area contributed by atoms with E-state index < -0.39 is 6.03 Å². The zero-order chi connectivity index (χ0) is 19.9. The van der Waals surface area contributed by atoms with Crippen LogP contribution in [0.15, 0.2) is 54.6 Å². The van der Waals surface area contributed by atoms with Crippen LogP contribution in [0, 0.1) is 12.7 Å². The van der Waals surface area contributed by atoms with Crippen molar-refractivity contribution in [1.29, 1.82) is 0 Å². The van der Waals surface area contributed by atoms with Gasteiger partial charge in [0.1, 0.15) is 17.5 Å². The molecule has 28 heavy (non-hydrogen) atoms. The smallest absolute Gasteiger partial charge is 0.323 e. The highest BCUT2D eigenvalue weighted by atomic mass is 19.1. The Labute approximate surface area is 162 Å². The Kier molecular flexibility index (Phi) is 6.01. The Morgan fingerprint density at radius 1 is 0.964 bits per heavy atom. The molecule has 0 atom stereocenters. The van der Waals surface area contributed by atoms with Gasteiger partial charge in [-0.3, -0.25) is 0 Å². The topological polar surface area (TPSA) is 88.2 Å². The second kappa shape index (κ2) is 8.81. The molecule has 3 rings (SSSR count). The van der Waals surface area contributed by atoms with Crippen LogP contribution in [-0.4, -0.2) is 22.6 Å². The van der Waals surface area contributed by atoms with Crippen LogP contribution >= 0.6 is 0 Å². The lowest BCUT2D eigenvalue weighted by molar-refractivity contribution is 0.262. The molecule has 0 bridgehead atoms. The highest BCUT2D eigenvalue weighted by Crippen LogP contribution is 2.20. The number of halogens is 1. The third-order valence-electron chi connectivity index (χ3n) is 3.62. The van der Waals surface area contributed by atoms with Gasteiger partial charge in [0.2, 0.25) is 5.88 Å². The predicted molar refractivity (Wildman–Crippen MR) is 107 cm³/mol. The number of anilines is 4. The Bertz CT molecular complexity index is 946. The van der Waals surface area contributed by atoms with Crippen LogP contribution in [0.3, 0.4) is 0 Å². The third-order valence-corrected chi connectivity index (χ3v) is 3.62. The van der Waals surface area contributed by atoms with Gasteiger partial charge < -0.3 is 20.7 Å². The molecular formula is C20H20FN5O2. The molecular weight excluding hydrogens is 361 g/mol. The van der Waals surface area contributed by atoms with Gasteiger partial charge in [-0.05, 0) is 62.4 Å². The maximum Gasteiger partial charge on any atom is 0.323 e. The molecule has 2 aromatic carbocycles. The van der Waals surface area contributed by atoms with E-state index in [1.165, 1.54) is 24.3 Å². The summed E-state index contributed by atoms with van der Waals surface area (Å²) in [5, 5.41) is 8.52. The van der Waals surface area contributed by atoms with E-state index in [1.54, 1.807) is 25.1 Å². The molecule has 0 saturated carbocycles. The highest BCUT2D eigenvalue weighted by molar-refractivity contribution is 5.99. The lowest BCUT2D eigenvalue weighted by Crippen LogP contribution is -2.19. The second-order valence-corrected chi connectivity index (χ2v) is 5.86. The monoisotopic (exact) mass is 381 g/mol. The third kappa shape index (κ3) is 5.41. The van der Waals surface area contributed by atoms with Crippen molar-refractivity contribution in [3.05, 3.63) is 66.2 Å². The fraction of sp³-hybridized carbons (Fsp3) is 0.150. The van der Waals surface area contributed by atoms with Gasteiger partial charge in [0.15, 0.2) is 0 Å². The van der Waals surface area contributed by atoms with Gasteiger partial charge in [-0.25, -0.2) is 14.2 Å². The number of benzene rings is 2. The lowest BCUT2D eigenvalue weighted by Gasteiger charge is -2.10. The number of amides is 2. The second-order valence-electron chi connectivity index (χ2n) is 5.86. The summed E-state index contributed by atoms with van der Waals surface area (Å²) >= 11 is 0. The van der Waals surface area contributed by atoms with Crippen molar-refractivity contribution in [2.24, 2.45) is 0 Å². The Hall–Kier alpha value is -3.68. The van der Waals surface area contributed by atoms with E-state index in [0.29, 0.717) is 35.5 Å². The van der Waals surface area contributed by atoms with Crippen LogP contribution in [0.1, 0.15) is 12.7 Å². The maximum absolute atomic E-state index is 12.9. The van der Waals surface area contributed by atoms with Crippen molar-refractivity contribution >= 4 is 28.9 Å². The minimum Gasteiger partial charge on any atom is -0.478 e. The van der Waals surface area contributed by atoms with Crippen LogP contribution in [0.2, 0.25) is 0 Å². The summed E-state index contributed by atoms with van der Waals surface area (Å²) in [4.78, 5) is 20.5. The molecule has 0 aliphatic carbocycles. The van der Waals surface area contributed by atoms with Gasteiger partial charge in [0.05, 0.1) is 6.61 Å². The van der Waals surface area contributed by atoms with Crippen LogP contribution in [0.4, 0.5) is 32.1 Å². The summed E-state index contributed by atoms with van der Waals surface area (Å²) in [6.45, 7) is 4.21. The van der Waals surface area contributed by atoms with Crippen molar-refractivity contribution in [3.8, 4) is 5.88 Å². The fourth-order valence-corrected chi connectivity index (χ4v) is 2.44. The van der Waals surface area contributed by atoms with Gasteiger partial charge in [0, 0.05) is 23.1 Å². The van der Waals surface area contributed by atoms with Gasteiger partial charge in [-0.1, -0.05) is 0 Å². The average molecular weight is 381 g/mol. The van der Waals surface area contributed by atoms with Crippen LogP contribution in [0.25, 0.3) is 0 Å².